The summed E-state index contributed by atoms with van der Waals surface area (Å²) in [7, 11) is 0. The van der Waals surface area contributed by atoms with Gasteiger partial charge in [0.2, 0.25) is 0 Å². The Morgan fingerprint density at radius 1 is 0.864 bits per heavy atom. The van der Waals surface area contributed by atoms with E-state index in [9.17, 15) is 0 Å². The second-order valence-corrected chi connectivity index (χ2v) is 8.41. The van der Waals surface area contributed by atoms with Gasteiger partial charge in [-0.3, -0.25) is 0 Å². The number of hydrogen-bond acceptors (Lipinski definition) is 0. The summed E-state index contributed by atoms with van der Waals surface area (Å²) >= 11 is 6.34. The van der Waals surface area contributed by atoms with Crippen molar-refractivity contribution in [2.75, 3.05) is 0 Å². The van der Waals surface area contributed by atoms with Gasteiger partial charge >= 0.3 is 0 Å². The van der Waals surface area contributed by atoms with Crippen LogP contribution in [0.25, 0.3) is 11.1 Å². The van der Waals surface area contributed by atoms with Crippen molar-refractivity contribution < 1.29 is 0 Å². The minimum absolute atomic E-state index is 0.314. The van der Waals surface area contributed by atoms with Gasteiger partial charge in [0.25, 0.3) is 0 Å². The maximum atomic E-state index is 6.34. The molecular formula is C21H19Cl. The molecule has 0 saturated heterocycles. The summed E-state index contributed by atoms with van der Waals surface area (Å²) in [5, 5.41) is 0.873. The summed E-state index contributed by atoms with van der Waals surface area (Å²) in [5.74, 6) is 3.72. The lowest BCUT2D eigenvalue weighted by molar-refractivity contribution is 0.191. The predicted octanol–water partition coefficient (Wildman–Crippen LogP) is 5.67. The average molecular weight is 307 g/mol. The van der Waals surface area contributed by atoms with Crippen LogP contribution in [0.4, 0.5) is 0 Å². The highest BCUT2D eigenvalue weighted by Crippen LogP contribution is 2.72. The van der Waals surface area contributed by atoms with Crippen LogP contribution in [0, 0.1) is 23.7 Å². The Hall–Kier alpha value is -1.27. The molecule has 7 rings (SSSR count). The van der Waals surface area contributed by atoms with Crippen molar-refractivity contribution in [1.82, 2.24) is 0 Å². The van der Waals surface area contributed by atoms with E-state index in [2.05, 4.69) is 42.5 Å². The Kier molecular flexibility index (Phi) is 2.10. The molecule has 0 nitrogen and oxygen atoms in total. The molecule has 1 spiro atoms. The van der Waals surface area contributed by atoms with E-state index < -0.39 is 0 Å². The molecule has 22 heavy (non-hydrogen) atoms. The molecule has 0 amide bonds. The summed E-state index contributed by atoms with van der Waals surface area (Å²) in [6, 6.07) is 15.8. The lowest BCUT2D eigenvalue weighted by Gasteiger charge is -2.43. The summed E-state index contributed by atoms with van der Waals surface area (Å²) in [6.45, 7) is 0. The lowest BCUT2D eigenvalue weighted by atomic mass is 9.59. The highest BCUT2D eigenvalue weighted by molar-refractivity contribution is 6.31. The van der Waals surface area contributed by atoms with E-state index in [-0.39, 0.29) is 0 Å². The molecule has 110 valence electrons. The Morgan fingerprint density at radius 2 is 1.73 bits per heavy atom. The van der Waals surface area contributed by atoms with Crippen LogP contribution >= 0.6 is 11.6 Å². The fourth-order valence-electron chi connectivity index (χ4n) is 6.95. The molecule has 1 heteroatoms. The molecule has 0 aliphatic heterocycles. The minimum atomic E-state index is 0.314. The Bertz CT molecular complexity index is 803. The van der Waals surface area contributed by atoms with Crippen LogP contribution in [0.1, 0.15) is 36.8 Å². The van der Waals surface area contributed by atoms with Gasteiger partial charge in [0.15, 0.2) is 0 Å². The van der Waals surface area contributed by atoms with Crippen LogP contribution in [0.2, 0.25) is 5.02 Å². The zero-order chi connectivity index (χ0) is 14.5. The molecule has 4 saturated carbocycles. The van der Waals surface area contributed by atoms with Gasteiger partial charge in [-0.25, -0.2) is 0 Å². The molecule has 5 aliphatic carbocycles. The molecule has 2 aromatic rings. The lowest BCUT2D eigenvalue weighted by Crippen LogP contribution is -2.40. The Morgan fingerprint density at radius 3 is 2.64 bits per heavy atom. The maximum absolute atomic E-state index is 6.34. The number of fused-ring (bicyclic) bond motifs is 3. The van der Waals surface area contributed by atoms with Crippen LogP contribution in [0.3, 0.4) is 0 Å². The molecule has 0 heterocycles. The van der Waals surface area contributed by atoms with Crippen LogP contribution in [0.5, 0.6) is 0 Å². The van der Waals surface area contributed by atoms with Crippen molar-refractivity contribution in [3.63, 3.8) is 0 Å². The van der Waals surface area contributed by atoms with Gasteiger partial charge in [-0.2, -0.15) is 0 Å². The van der Waals surface area contributed by atoms with Gasteiger partial charge in [-0.05, 0) is 83.7 Å². The number of rotatable bonds is 0. The molecule has 0 N–H and O–H groups in total. The fourth-order valence-corrected chi connectivity index (χ4v) is 7.12. The highest BCUT2D eigenvalue weighted by Gasteiger charge is 2.65. The molecular weight excluding hydrogens is 288 g/mol. The van der Waals surface area contributed by atoms with E-state index in [1.54, 1.807) is 11.1 Å². The van der Waals surface area contributed by atoms with Crippen LogP contribution < -0.4 is 0 Å². The second kappa shape index (κ2) is 3.79. The standard InChI is InChI=1S/C21H19Cl/c22-15-5-6-19-17(11-15)16-3-1-2-4-18(16)21(19)14-8-12-7-13(10-14)20(21)9-12/h1-6,11-14,20H,7-10H2. The van der Waals surface area contributed by atoms with Crippen molar-refractivity contribution in [2.24, 2.45) is 23.7 Å². The molecule has 5 aliphatic rings. The maximum Gasteiger partial charge on any atom is 0.0412 e. The minimum Gasteiger partial charge on any atom is -0.0843 e. The summed E-state index contributed by atoms with van der Waals surface area (Å²) in [4.78, 5) is 0. The first-order valence-electron chi connectivity index (χ1n) is 8.68. The topological polar surface area (TPSA) is 0 Å². The molecule has 5 atom stereocenters. The number of benzene rings is 2. The second-order valence-electron chi connectivity index (χ2n) is 7.98. The largest absolute Gasteiger partial charge is 0.0843 e. The predicted molar refractivity (Wildman–Crippen MR) is 90.1 cm³/mol. The number of halogens is 1. The molecule has 4 bridgehead atoms. The van der Waals surface area contributed by atoms with Crippen LogP contribution in [-0.4, -0.2) is 0 Å². The van der Waals surface area contributed by atoms with Crippen molar-refractivity contribution in [2.45, 2.75) is 31.1 Å². The third-order valence-corrected chi connectivity index (χ3v) is 7.55. The van der Waals surface area contributed by atoms with E-state index in [1.807, 2.05) is 0 Å². The Labute approximate surface area is 136 Å². The summed E-state index contributed by atoms with van der Waals surface area (Å²) in [6.07, 6.45) is 5.85. The molecule has 0 aromatic heterocycles. The smallest absolute Gasteiger partial charge is 0.0412 e. The first kappa shape index (κ1) is 12.2. The fraction of sp³-hybridized carbons (Fsp3) is 0.429. The quantitative estimate of drug-likeness (QED) is 0.588. The SMILES string of the molecule is Clc1ccc2c(c1)-c1ccccc1C21C2CC3CC(C2)C1C3. The molecule has 0 radical (unpaired) electrons. The van der Waals surface area contributed by atoms with E-state index in [4.69, 9.17) is 11.6 Å². The van der Waals surface area contributed by atoms with Crippen molar-refractivity contribution in [3.05, 3.63) is 58.6 Å². The molecule has 2 aromatic carbocycles. The van der Waals surface area contributed by atoms with Gasteiger partial charge in [-0.1, -0.05) is 41.9 Å². The van der Waals surface area contributed by atoms with E-state index in [0.29, 0.717) is 5.41 Å². The van der Waals surface area contributed by atoms with Crippen molar-refractivity contribution in [3.8, 4) is 11.1 Å². The van der Waals surface area contributed by atoms with Gasteiger partial charge < -0.3 is 0 Å². The summed E-state index contributed by atoms with van der Waals surface area (Å²) in [5.41, 5.74) is 6.39. The van der Waals surface area contributed by atoms with Gasteiger partial charge in [0.1, 0.15) is 0 Å². The normalized spacial score (nSPS) is 39.5. The highest BCUT2D eigenvalue weighted by atomic mass is 35.5. The Balaban J connectivity index is 1.72. The first-order valence-corrected chi connectivity index (χ1v) is 9.06. The van der Waals surface area contributed by atoms with Crippen molar-refractivity contribution >= 4 is 11.6 Å². The van der Waals surface area contributed by atoms with Crippen LogP contribution in [-0.2, 0) is 5.41 Å². The van der Waals surface area contributed by atoms with Gasteiger partial charge in [-0.15, -0.1) is 0 Å². The van der Waals surface area contributed by atoms with E-state index >= 15 is 0 Å². The monoisotopic (exact) mass is 306 g/mol. The number of hydrogen-bond donors (Lipinski definition) is 0. The van der Waals surface area contributed by atoms with Gasteiger partial charge in [0.05, 0.1) is 0 Å². The van der Waals surface area contributed by atoms with Crippen LogP contribution in [0.15, 0.2) is 42.5 Å². The zero-order valence-electron chi connectivity index (χ0n) is 12.6. The molecule has 4 fully saturated rings. The molecule has 5 unspecified atom stereocenters. The average Bonchev–Trinajstić information content (AvgIpc) is 3.06. The summed E-state index contributed by atoms with van der Waals surface area (Å²) < 4.78 is 0. The van der Waals surface area contributed by atoms with E-state index in [0.717, 1.165) is 28.7 Å². The van der Waals surface area contributed by atoms with Crippen molar-refractivity contribution in [1.29, 1.82) is 0 Å². The van der Waals surface area contributed by atoms with Gasteiger partial charge in [0, 0.05) is 10.4 Å². The van der Waals surface area contributed by atoms with E-state index in [1.165, 1.54) is 36.8 Å². The first-order chi connectivity index (χ1) is 10.8. The third-order valence-electron chi connectivity index (χ3n) is 7.32. The zero-order valence-corrected chi connectivity index (χ0v) is 13.3. The third kappa shape index (κ3) is 1.18.